The standard InChI is InChI=1S/C33H31NO5/c1-35-31-17-25(18-32(36-2)33(31)37-3)16-29-28-19-26(38-21-23-10-6-4-7-11-23)20-30(27(28)14-15-34-29)39-22-24-12-8-5-9-13-24/h4-15,17-20H,16,21-22H2,1-3H3. The van der Waals surface area contributed by atoms with E-state index >= 15 is 0 Å². The summed E-state index contributed by atoms with van der Waals surface area (Å²) in [6.45, 7) is 0.898. The third-order valence-corrected chi connectivity index (χ3v) is 6.48. The van der Waals surface area contributed by atoms with Gasteiger partial charge in [0.2, 0.25) is 5.75 Å². The van der Waals surface area contributed by atoms with Gasteiger partial charge in [-0.3, -0.25) is 4.98 Å². The van der Waals surface area contributed by atoms with Crippen molar-refractivity contribution in [2.24, 2.45) is 0 Å². The van der Waals surface area contributed by atoms with Gasteiger partial charge in [-0.15, -0.1) is 0 Å². The number of benzene rings is 4. The molecule has 0 spiro atoms. The van der Waals surface area contributed by atoms with Crippen molar-refractivity contribution in [3.8, 4) is 28.7 Å². The minimum atomic E-state index is 0.447. The van der Waals surface area contributed by atoms with Gasteiger partial charge in [0.05, 0.1) is 27.0 Å². The summed E-state index contributed by atoms with van der Waals surface area (Å²) in [5.41, 5.74) is 4.05. The molecule has 0 saturated heterocycles. The minimum absolute atomic E-state index is 0.447. The van der Waals surface area contributed by atoms with Crippen molar-refractivity contribution >= 4 is 10.8 Å². The number of nitrogens with zero attached hydrogens (tertiary/aromatic N) is 1. The van der Waals surface area contributed by atoms with Gasteiger partial charge in [0.15, 0.2) is 11.5 Å². The number of pyridine rings is 1. The normalized spacial score (nSPS) is 10.7. The van der Waals surface area contributed by atoms with Crippen LogP contribution >= 0.6 is 0 Å². The van der Waals surface area contributed by atoms with Crippen LogP contribution < -0.4 is 23.7 Å². The highest BCUT2D eigenvalue weighted by atomic mass is 16.5. The molecule has 4 aromatic carbocycles. The zero-order valence-corrected chi connectivity index (χ0v) is 22.3. The third-order valence-electron chi connectivity index (χ3n) is 6.48. The summed E-state index contributed by atoms with van der Waals surface area (Å²) in [5, 5.41) is 1.93. The van der Waals surface area contributed by atoms with E-state index in [9.17, 15) is 0 Å². The molecule has 5 aromatic rings. The number of rotatable bonds is 11. The van der Waals surface area contributed by atoms with Crippen molar-refractivity contribution in [1.29, 1.82) is 0 Å². The highest BCUT2D eigenvalue weighted by Crippen LogP contribution is 2.40. The van der Waals surface area contributed by atoms with Crippen molar-refractivity contribution in [1.82, 2.24) is 4.98 Å². The maximum Gasteiger partial charge on any atom is 0.203 e. The number of ether oxygens (including phenoxy) is 5. The summed E-state index contributed by atoms with van der Waals surface area (Å²) in [5.74, 6) is 3.22. The fourth-order valence-corrected chi connectivity index (χ4v) is 4.53. The Hall–Kier alpha value is -4.71. The Labute approximate surface area is 228 Å². The fraction of sp³-hybridized carbons (Fsp3) is 0.182. The smallest absolute Gasteiger partial charge is 0.203 e. The highest BCUT2D eigenvalue weighted by Gasteiger charge is 2.16. The molecule has 0 bridgehead atoms. The number of aromatic nitrogens is 1. The Balaban J connectivity index is 1.53. The molecular formula is C33H31NO5. The van der Waals surface area contributed by atoms with Crippen molar-refractivity contribution in [3.63, 3.8) is 0 Å². The molecule has 1 aromatic heterocycles. The quantitative estimate of drug-likeness (QED) is 0.186. The second-order valence-corrected chi connectivity index (χ2v) is 9.03. The Kier molecular flexibility index (Phi) is 8.12. The predicted octanol–water partition coefficient (Wildman–Crippen LogP) is 7.01. The Bertz CT molecular complexity index is 1510. The number of hydrogen-bond acceptors (Lipinski definition) is 6. The molecule has 0 amide bonds. The number of fused-ring (bicyclic) bond motifs is 1. The van der Waals surface area contributed by atoms with Crippen LogP contribution in [0.3, 0.4) is 0 Å². The van der Waals surface area contributed by atoms with E-state index in [2.05, 4.69) is 12.1 Å². The fourth-order valence-electron chi connectivity index (χ4n) is 4.53. The molecule has 0 fully saturated rings. The maximum atomic E-state index is 6.34. The highest BCUT2D eigenvalue weighted by molar-refractivity contribution is 5.91. The molecule has 5 rings (SSSR count). The molecule has 1 heterocycles. The second-order valence-electron chi connectivity index (χ2n) is 9.03. The predicted molar refractivity (Wildman–Crippen MR) is 152 cm³/mol. The first-order valence-electron chi connectivity index (χ1n) is 12.7. The van der Waals surface area contributed by atoms with Crippen molar-refractivity contribution < 1.29 is 23.7 Å². The minimum Gasteiger partial charge on any atom is -0.493 e. The lowest BCUT2D eigenvalue weighted by molar-refractivity contribution is 0.292. The second kappa shape index (κ2) is 12.2. The largest absolute Gasteiger partial charge is 0.493 e. The zero-order valence-electron chi connectivity index (χ0n) is 22.3. The lowest BCUT2D eigenvalue weighted by atomic mass is 10.0. The molecular weight excluding hydrogens is 490 g/mol. The van der Waals surface area contributed by atoms with E-state index in [0.29, 0.717) is 42.6 Å². The molecule has 0 unspecified atom stereocenters. The van der Waals surface area contributed by atoms with Gasteiger partial charge in [-0.2, -0.15) is 0 Å². The van der Waals surface area contributed by atoms with Crippen LogP contribution in [0.4, 0.5) is 0 Å². The van der Waals surface area contributed by atoms with Gasteiger partial charge in [-0.05, 0) is 41.0 Å². The topological polar surface area (TPSA) is 59.0 Å². The van der Waals surface area contributed by atoms with Crippen molar-refractivity contribution in [2.45, 2.75) is 19.6 Å². The van der Waals surface area contributed by atoms with Crippen molar-refractivity contribution in [3.05, 3.63) is 120 Å². The summed E-state index contributed by atoms with van der Waals surface area (Å²) >= 11 is 0. The molecule has 0 aliphatic rings. The van der Waals surface area contributed by atoms with Gasteiger partial charge in [-0.25, -0.2) is 0 Å². The molecule has 0 aliphatic carbocycles. The molecule has 0 aliphatic heterocycles. The van der Waals surface area contributed by atoms with E-state index < -0.39 is 0 Å². The lowest BCUT2D eigenvalue weighted by Gasteiger charge is -2.16. The van der Waals surface area contributed by atoms with E-state index in [1.165, 1.54) is 0 Å². The van der Waals surface area contributed by atoms with E-state index in [-0.39, 0.29) is 0 Å². The maximum absolute atomic E-state index is 6.34. The van der Waals surface area contributed by atoms with Crippen LogP contribution in [-0.2, 0) is 19.6 Å². The summed E-state index contributed by atoms with van der Waals surface area (Å²) < 4.78 is 29.2. The Morgan fingerprint density at radius 3 is 1.77 bits per heavy atom. The van der Waals surface area contributed by atoms with Gasteiger partial charge >= 0.3 is 0 Å². The van der Waals surface area contributed by atoms with Gasteiger partial charge in [0.1, 0.15) is 24.7 Å². The molecule has 198 valence electrons. The molecule has 0 N–H and O–H groups in total. The van der Waals surface area contributed by atoms with E-state index in [0.717, 1.165) is 38.9 Å². The molecule has 0 radical (unpaired) electrons. The van der Waals surface area contributed by atoms with E-state index in [1.54, 1.807) is 21.3 Å². The summed E-state index contributed by atoms with van der Waals surface area (Å²) in [7, 11) is 4.83. The molecule has 6 heteroatoms. The summed E-state index contributed by atoms with van der Waals surface area (Å²) in [4.78, 5) is 4.75. The van der Waals surface area contributed by atoms with Crippen LogP contribution in [0, 0.1) is 0 Å². The molecule has 0 saturated carbocycles. The number of hydrogen-bond donors (Lipinski definition) is 0. The molecule has 0 atom stereocenters. The SMILES string of the molecule is COc1cc(Cc2nccc3c(OCc4ccccc4)cc(OCc4ccccc4)cc23)cc(OC)c1OC. The van der Waals surface area contributed by atoms with Gasteiger partial charge < -0.3 is 23.7 Å². The number of methoxy groups -OCH3 is 3. The lowest BCUT2D eigenvalue weighted by Crippen LogP contribution is -2.02. The molecule has 6 nitrogen and oxygen atoms in total. The third kappa shape index (κ3) is 6.07. The van der Waals surface area contributed by atoms with E-state index in [1.807, 2.05) is 85.1 Å². The first kappa shape index (κ1) is 25.9. The average Bonchev–Trinajstić information content (AvgIpc) is 2.99. The molecule has 39 heavy (non-hydrogen) atoms. The van der Waals surface area contributed by atoms with Gasteiger partial charge in [0, 0.05) is 29.5 Å². The van der Waals surface area contributed by atoms with Gasteiger partial charge in [-0.1, -0.05) is 60.7 Å². The van der Waals surface area contributed by atoms with Crippen LogP contribution in [0.2, 0.25) is 0 Å². The summed E-state index contributed by atoms with van der Waals surface area (Å²) in [6, 6.07) is 30.1. The van der Waals surface area contributed by atoms with Crippen LogP contribution in [0.5, 0.6) is 28.7 Å². The zero-order chi connectivity index (χ0) is 27.0. The van der Waals surface area contributed by atoms with Crippen LogP contribution in [-0.4, -0.2) is 26.3 Å². The average molecular weight is 522 g/mol. The Morgan fingerprint density at radius 1 is 0.564 bits per heavy atom. The van der Waals surface area contributed by atoms with Gasteiger partial charge in [0.25, 0.3) is 0 Å². The Morgan fingerprint density at radius 2 is 1.18 bits per heavy atom. The first-order valence-corrected chi connectivity index (χ1v) is 12.7. The van der Waals surface area contributed by atoms with Crippen molar-refractivity contribution in [2.75, 3.05) is 21.3 Å². The van der Waals surface area contributed by atoms with Crippen LogP contribution in [0.15, 0.2) is 97.2 Å². The first-order chi connectivity index (χ1) is 19.2. The summed E-state index contributed by atoms with van der Waals surface area (Å²) in [6.07, 6.45) is 2.36. The van der Waals surface area contributed by atoms with Crippen LogP contribution in [0.25, 0.3) is 10.8 Å². The van der Waals surface area contributed by atoms with Crippen LogP contribution in [0.1, 0.15) is 22.4 Å². The van der Waals surface area contributed by atoms with E-state index in [4.69, 9.17) is 28.7 Å². The monoisotopic (exact) mass is 521 g/mol.